The third-order valence-electron chi connectivity index (χ3n) is 8.23. The lowest BCUT2D eigenvalue weighted by atomic mass is 9.90. The molecule has 0 unspecified atom stereocenters. The van der Waals surface area contributed by atoms with Gasteiger partial charge in [-0.15, -0.1) is 0 Å². The van der Waals surface area contributed by atoms with E-state index in [9.17, 15) is 9.90 Å². The Bertz CT molecular complexity index is 932. The number of hydrogen-bond donors (Lipinski definition) is 1. The summed E-state index contributed by atoms with van der Waals surface area (Å²) >= 11 is 0. The van der Waals surface area contributed by atoms with E-state index in [1.54, 1.807) is 7.11 Å². The molecule has 0 spiro atoms. The van der Waals surface area contributed by atoms with Crippen molar-refractivity contribution in [3.8, 4) is 0 Å². The lowest BCUT2D eigenvalue weighted by Gasteiger charge is -2.28. The first-order valence-corrected chi connectivity index (χ1v) is 14.3. The Hall–Kier alpha value is -1.99. The standard InChI is InChI=1S/C32H46O6/c1-21-13-14-36-26(16-21)11-12-30(35-4)31-20-24-19-28(24)29(33)18-23(3)15-22(2)17-27-9-5-7-25(37-27)8-6-10-32(34)38-31/h5-7,10-13,22,24-31,33H,3,8-9,14-20H2,1-2,4H3/b10-6+,12-11+/t22-,24+,25-,26+,27-,28+,29-,30-,31-/m0/s1. The summed E-state index contributed by atoms with van der Waals surface area (Å²) in [6.07, 6.45) is 19.0. The van der Waals surface area contributed by atoms with Crippen LogP contribution in [0.1, 0.15) is 65.2 Å². The molecule has 4 rings (SSSR count). The number of methoxy groups -OCH3 is 1. The van der Waals surface area contributed by atoms with Crippen molar-refractivity contribution >= 4 is 5.97 Å². The summed E-state index contributed by atoms with van der Waals surface area (Å²) in [5, 5.41) is 11.0. The summed E-state index contributed by atoms with van der Waals surface area (Å²) in [6.45, 7) is 9.23. The smallest absolute Gasteiger partial charge is 0.330 e. The van der Waals surface area contributed by atoms with Crippen molar-refractivity contribution in [2.45, 2.75) is 102 Å². The largest absolute Gasteiger partial charge is 0.456 e. The Balaban J connectivity index is 1.47. The molecule has 1 aliphatic carbocycles. The van der Waals surface area contributed by atoms with E-state index in [2.05, 4.69) is 38.7 Å². The van der Waals surface area contributed by atoms with Gasteiger partial charge in [-0.3, -0.25) is 0 Å². The zero-order valence-corrected chi connectivity index (χ0v) is 23.3. The van der Waals surface area contributed by atoms with Crippen LogP contribution in [0.3, 0.4) is 0 Å². The van der Waals surface area contributed by atoms with Gasteiger partial charge in [-0.1, -0.05) is 61.1 Å². The summed E-state index contributed by atoms with van der Waals surface area (Å²) in [4.78, 5) is 12.9. The van der Waals surface area contributed by atoms with Crippen LogP contribution in [0.25, 0.3) is 0 Å². The molecule has 0 aromatic carbocycles. The highest BCUT2D eigenvalue weighted by molar-refractivity contribution is 5.82. The number of carbonyl (C=O) groups excluding carboxylic acids is 1. The summed E-state index contributed by atoms with van der Waals surface area (Å²) in [6, 6.07) is 0. The average Bonchev–Trinajstić information content (AvgIpc) is 3.63. The molecule has 3 aliphatic heterocycles. The van der Waals surface area contributed by atoms with E-state index in [1.807, 2.05) is 18.2 Å². The molecule has 210 valence electrons. The minimum Gasteiger partial charge on any atom is -0.456 e. The van der Waals surface area contributed by atoms with E-state index in [0.29, 0.717) is 31.8 Å². The van der Waals surface area contributed by atoms with E-state index >= 15 is 0 Å². The van der Waals surface area contributed by atoms with E-state index in [4.69, 9.17) is 18.9 Å². The summed E-state index contributed by atoms with van der Waals surface area (Å²) < 4.78 is 23.9. The second-order valence-corrected chi connectivity index (χ2v) is 11.7. The molecule has 0 aromatic rings. The Morgan fingerprint density at radius 1 is 1.16 bits per heavy atom. The molecule has 9 atom stereocenters. The number of hydrogen-bond acceptors (Lipinski definition) is 6. The molecule has 0 saturated heterocycles. The molecule has 1 N–H and O–H groups in total. The van der Waals surface area contributed by atoms with Crippen LogP contribution in [-0.4, -0.2) is 61.4 Å². The molecule has 2 bridgehead atoms. The molecule has 0 radical (unpaired) electrons. The minimum absolute atomic E-state index is 0.0104. The van der Waals surface area contributed by atoms with Crippen molar-refractivity contribution in [1.82, 2.24) is 0 Å². The third kappa shape index (κ3) is 8.77. The summed E-state index contributed by atoms with van der Waals surface area (Å²) in [5.41, 5.74) is 2.40. The Kier molecular flexibility index (Phi) is 10.6. The number of esters is 1. The lowest BCUT2D eigenvalue weighted by Crippen LogP contribution is -2.32. The van der Waals surface area contributed by atoms with Crippen LogP contribution in [-0.2, 0) is 23.7 Å². The van der Waals surface area contributed by atoms with Gasteiger partial charge in [-0.2, -0.15) is 0 Å². The number of carbonyl (C=O) groups is 1. The van der Waals surface area contributed by atoms with Crippen LogP contribution in [0.5, 0.6) is 0 Å². The van der Waals surface area contributed by atoms with Crippen molar-refractivity contribution in [3.05, 3.63) is 60.3 Å². The second-order valence-electron chi connectivity index (χ2n) is 11.7. The zero-order chi connectivity index (χ0) is 27.1. The van der Waals surface area contributed by atoms with E-state index < -0.39 is 18.3 Å². The Morgan fingerprint density at radius 2 is 2.00 bits per heavy atom. The molecular formula is C32H46O6. The van der Waals surface area contributed by atoms with Crippen molar-refractivity contribution in [1.29, 1.82) is 0 Å². The van der Waals surface area contributed by atoms with Gasteiger partial charge in [0.1, 0.15) is 12.2 Å². The van der Waals surface area contributed by atoms with Gasteiger partial charge in [-0.25, -0.2) is 4.79 Å². The maximum Gasteiger partial charge on any atom is 0.330 e. The van der Waals surface area contributed by atoms with Crippen LogP contribution in [0.2, 0.25) is 0 Å². The van der Waals surface area contributed by atoms with Crippen molar-refractivity contribution in [3.63, 3.8) is 0 Å². The quantitative estimate of drug-likeness (QED) is 0.378. The van der Waals surface area contributed by atoms with E-state index in [0.717, 1.165) is 37.7 Å². The van der Waals surface area contributed by atoms with Crippen LogP contribution in [0, 0.1) is 17.8 Å². The van der Waals surface area contributed by atoms with Gasteiger partial charge < -0.3 is 24.1 Å². The molecule has 1 fully saturated rings. The first-order valence-electron chi connectivity index (χ1n) is 14.3. The molecule has 38 heavy (non-hydrogen) atoms. The molecule has 1 saturated carbocycles. The zero-order valence-electron chi connectivity index (χ0n) is 23.3. The minimum atomic E-state index is -0.451. The number of aliphatic hydroxyl groups excluding tert-OH is 1. The Labute approximate surface area is 228 Å². The van der Waals surface area contributed by atoms with E-state index in [-0.39, 0.29) is 36.1 Å². The topological polar surface area (TPSA) is 74.2 Å². The first kappa shape index (κ1) is 29.0. The molecular weight excluding hydrogens is 480 g/mol. The number of ether oxygens (including phenoxy) is 4. The lowest BCUT2D eigenvalue weighted by molar-refractivity contribution is -0.149. The third-order valence-corrected chi connectivity index (χ3v) is 8.23. The summed E-state index contributed by atoms with van der Waals surface area (Å²) in [7, 11) is 1.64. The molecule has 6 nitrogen and oxygen atoms in total. The predicted octanol–water partition coefficient (Wildman–Crippen LogP) is 5.63. The number of cyclic esters (lactones) is 1. The normalized spacial score (nSPS) is 38.9. The number of rotatable bonds is 4. The summed E-state index contributed by atoms with van der Waals surface area (Å²) in [5.74, 6) is 0.546. The monoisotopic (exact) mass is 526 g/mol. The Morgan fingerprint density at radius 3 is 2.79 bits per heavy atom. The van der Waals surface area contributed by atoms with Gasteiger partial charge >= 0.3 is 5.97 Å². The fourth-order valence-corrected chi connectivity index (χ4v) is 6.10. The van der Waals surface area contributed by atoms with Crippen molar-refractivity contribution < 1.29 is 28.8 Å². The van der Waals surface area contributed by atoms with Crippen LogP contribution < -0.4 is 0 Å². The highest BCUT2D eigenvalue weighted by atomic mass is 16.6. The van der Waals surface area contributed by atoms with Gasteiger partial charge in [0.15, 0.2) is 0 Å². The number of aliphatic hydroxyl groups is 1. The maximum atomic E-state index is 12.9. The van der Waals surface area contributed by atoms with E-state index in [1.165, 1.54) is 11.6 Å². The highest BCUT2D eigenvalue weighted by Gasteiger charge is 2.45. The fraction of sp³-hybridized carbons (Fsp3) is 0.656. The fourth-order valence-electron chi connectivity index (χ4n) is 6.10. The van der Waals surface area contributed by atoms with Gasteiger partial charge in [0.25, 0.3) is 0 Å². The predicted molar refractivity (Wildman–Crippen MR) is 148 cm³/mol. The SMILES string of the molecule is C=C1C[C@H](C)C[C@@H]2CC=C[C@@H](C/C=C/C(=O)O[C@H]([C@H](/C=C/[C@@H]3CC(C)=CCO3)OC)C[C@H]3C[C@H]3[C@@H](O)C1)O2. The van der Waals surface area contributed by atoms with Crippen molar-refractivity contribution in [2.24, 2.45) is 17.8 Å². The van der Waals surface area contributed by atoms with Crippen molar-refractivity contribution in [2.75, 3.05) is 13.7 Å². The van der Waals surface area contributed by atoms with Crippen LogP contribution in [0.15, 0.2) is 60.3 Å². The molecule has 6 heteroatoms. The van der Waals surface area contributed by atoms with Gasteiger partial charge in [0.2, 0.25) is 0 Å². The first-order chi connectivity index (χ1) is 18.3. The average molecular weight is 527 g/mol. The number of fused-ring (bicyclic) bond motifs is 3. The highest BCUT2D eigenvalue weighted by Crippen LogP contribution is 2.47. The molecule has 3 heterocycles. The van der Waals surface area contributed by atoms with Gasteiger partial charge in [-0.05, 0) is 76.0 Å². The molecule has 0 aromatic heterocycles. The maximum absolute atomic E-state index is 12.9. The van der Waals surface area contributed by atoms with Gasteiger partial charge in [0.05, 0.1) is 31.0 Å². The molecule has 0 amide bonds. The van der Waals surface area contributed by atoms with Gasteiger partial charge in [0, 0.05) is 13.2 Å². The van der Waals surface area contributed by atoms with Crippen LogP contribution >= 0.6 is 0 Å². The second kappa shape index (κ2) is 13.9. The molecule has 4 aliphatic rings. The van der Waals surface area contributed by atoms with Crippen LogP contribution in [0.4, 0.5) is 0 Å².